The van der Waals surface area contributed by atoms with Crippen molar-refractivity contribution in [2.45, 2.75) is 39.3 Å². The fourth-order valence-corrected chi connectivity index (χ4v) is 3.18. The van der Waals surface area contributed by atoms with Crippen LogP contribution in [-0.4, -0.2) is 29.9 Å². The molecule has 0 atom stereocenters. The van der Waals surface area contributed by atoms with Crippen LogP contribution in [0.2, 0.25) is 0 Å². The van der Waals surface area contributed by atoms with E-state index in [1.165, 1.54) is 12.0 Å². The Morgan fingerprint density at radius 1 is 0.815 bits per heavy atom. The molecule has 0 radical (unpaired) electrons. The number of nitrogens with one attached hydrogen (secondary N) is 2. The van der Waals surface area contributed by atoms with Gasteiger partial charge in [0.1, 0.15) is 0 Å². The lowest BCUT2D eigenvalue weighted by Gasteiger charge is -2.26. The molecule has 2 aromatic rings. The lowest BCUT2D eigenvalue weighted by molar-refractivity contribution is 0.0724. The summed E-state index contributed by atoms with van der Waals surface area (Å²) in [6, 6.07) is 15.4. The lowest BCUT2D eigenvalue weighted by atomic mass is 10.1. The molecule has 5 nitrogen and oxygen atoms in total. The fourth-order valence-electron chi connectivity index (χ4n) is 3.18. The first kappa shape index (κ1) is 19.0. The number of carbonyl (C=O) groups excluding carboxylic acids is 2. The Morgan fingerprint density at radius 2 is 1.33 bits per heavy atom. The third kappa shape index (κ3) is 5.58. The molecular weight excluding hydrogens is 338 g/mol. The van der Waals surface area contributed by atoms with E-state index in [0.29, 0.717) is 18.7 Å². The summed E-state index contributed by atoms with van der Waals surface area (Å²) in [5.41, 5.74) is 3.95. The molecule has 142 valence electrons. The fraction of sp³-hybridized carbons (Fsp3) is 0.364. The van der Waals surface area contributed by atoms with E-state index < -0.39 is 0 Å². The minimum atomic E-state index is -0.205. The summed E-state index contributed by atoms with van der Waals surface area (Å²) in [6.45, 7) is 4.66. The second-order valence-electron chi connectivity index (χ2n) is 7.07. The zero-order valence-electron chi connectivity index (χ0n) is 15.8. The molecule has 0 aliphatic carbocycles. The third-order valence-corrected chi connectivity index (χ3v) is 4.87. The number of aryl methyl sites for hydroxylation is 1. The molecule has 27 heavy (non-hydrogen) atoms. The smallest absolute Gasteiger partial charge is 0.315 e. The lowest BCUT2D eigenvalue weighted by Crippen LogP contribution is -2.35. The second kappa shape index (κ2) is 9.21. The number of piperidine rings is 1. The molecular formula is C22H27N3O2. The van der Waals surface area contributed by atoms with Crippen LogP contribution in [0.15, 0.2) is 48.5 Å². The molecule has 3 rings (SSSR count). The van der Waals surface area contributed by atoms with Crippen LogP contribution in [0.4, 0.5) is 4.79 Å². The zero-order chi connectivity index (χ0) is 19.1. The Kier molecular flexibility index (Phi) is 6.47. The van der Waals surface area contributed by atoms with Crippen molar-refractivity contribution >= 4 is 11.9 Å². The predicted octanol–water partition coefficient (Wildman–Crippen LogP) is 3.62. The molecule has 2 N–H and O–H groups in total. The number of benzene rings is 2. The van der Waals surface area contributed by atoms with Crippen LogP contribution < -0.4 is 10.6 Å². The number of nitrogens with zero attached hydrogens (tertiary/aromatic N) is 1. The number of rotatable bonds is 5. The first-order chi connectivity index (χ1) is 13.1. The van der Waals surface area contributed by atoms with Gasteiger partial charge >= 0.3 is 6.03 Å². The highest BCUT2D eigenvalue weighted by atomic mass is 16.2. The van der Waals surface area contributed by atoms with Crippen LogP contribution in [0.25, 0.3) is 0 Å². The van der Waals surface area contributed by atoms with Gasteiger partial charge in [-0.3, -0.25) is 4.79 Å². The van der Waals surface area contributed by atoms with Crippen molar-refractivity contribution in [2.75, 3.05) is 13.1 Å². The van der Waals surface area contributed by atoms with E-state index in [4.69, 9.17) is 0 Å². The molecule has 0 spiro atoms. The summed E-state index contributed by atoms with van der Waals surface area (Å²) >= 11 is 0. The number of hydrogen-bond donors (Lipinski definition) is 2. The average Bonchev–Trinajstić information content (AvgIpc) is 2.72. The SMILES string of the molecule is Cc1ccc(CNC(=O)NCc2ccc(C(=O)N3CCCCC3)cc2)cc1. The van der Waals surface area contributed by atoms with Crippen molar-refractivity contribution in [3.05, 3.63) is 70.8 Å². The minimum Gasteiger partial charge on any atom is -0.339 e. The molecule has 1 saturated heterocycles. The van der Waals surface area contributed by atoms with E-state index in [0.717, 1.165) is 37.1 Å². The maximum atomic E-state index is 12.5. The summed E-state index contributed by atoms with van der Waals surface area (Å²) in [7, 11) is 0. The number of hydrogen-bond acceptors (Lipinski definition) is 2. The van der Waals surface area contributed by atoms with Crippen LogP contribution in [0.3, 0.4) is 0 Å². The van der Waals surface area contributed by atoms with Crippen molar-refractivity contribution < 1.29 is 9.59 Å². The number of likely N-dealkylation sites (tertiary alicyclic amines) is 1. The Labute approximate surface area is 160 Å². The van der Waals surface area contributed by atoms with E-state index in [2.05, 4.69) is 10.6 Å². The number of urea groups is 1. The molecule has 2 aromatic carbocycles. The van der Waals surface area contributed by atoms with Gasteiger partial charge in [-0.15, -0.1) is 0 Å². The maximum Gasteiger partial charge on any atom is 0.315 e. The third-order valence-electron chi connectivity index (χ3n) is 4.87. The minimum absolute atomic E-state index is 0.102. The van der Waals surface area contributed by atoms with E-state index in [9.17, 15) is 9.59 Å². The van der Waals surface area contributed by atoms with Crippen LogP contribution in [-0.2, 0) is 13.1 Å². The normalized spacial score (nSPS) is 13.9. The zero-order valence-corrected chi connectivity index (χ0v) is 15.8. The summed E-state index contributed by atoms with van der Waals surface area (Å²) in [4.78, 5) is 26.3. The maximum absolute atomic E-state index is 12.5. The Morgan fingerprint density at radius 3 is 1.89 bits per heavy atom. The highest BCUT2D eigenvalue weighted by Gasteiger charge is 2.17. The van der Waals surface area contributed by atoms with Gasteiger partial charge in [0.2, 0.25) is 0 Å². The highest BCUT2D eigenvalue weighted by Crippen LogP contribution is 2.14. The molecule has 1 heterocycles. The first-order valence-corrected chi connectivity index (χ1v) is 9.57. The van der Waals surface area contributed by atoms with Crippen molar-refractivity contribution in [3.8, 4) is 0 Å². The van der Waals surface area contributed by atoms with Crippen LogP contribution in [0.1, 0.15) is 46.3 Å². The summed E-state index contributed by atoms with van der Waals surface area (Å²) in [5, 5.41) is 5.70. The van der Waals surface area contributed by atoms with Gasteiger partial charge in [0.25, 0.3) is 5.91 Å². The van der Waals surface area contributed by atoms with Gasteiger partial charge < -0.3 is 15.5 Å². The summed E-state index contributed by atoms with van der Waals surface area (Å²) in [5.74, 6) is 0.102. The molecule has 3 amide bonds. The molecule has 0 bridgehead atoms. The standard InChI is InChI=1S/C22H27N3O2/c1-17-5-7-18(8-6-17)15-23-22(27)24-16-19-9-11-20(12-10-19)21(26)25-13-3-2-4-14-25/h5-12H,2-4,13-16H2,1H3,(H2,23,24,27). The Hall–Kier alpha value is -2.82. The van der Waals surface area contributed by atoms with E-state index in [1.54, 1.807) is 0 Å². The topological polar surface area (TPSA) is 61.4 Å². The number of carbonyl (C=O) groups is 2. The van der Waals surface area contributed by atoms with E-state index in [1.807, 2.05) is 60.4 Å². The first-order valence-electron chi connectivity index (χ1n) is 9.57. The second-order valence-corrected chi connectivity index (χ2v) is 7.07. The van der Waals surface area contributed by atoms with Crippen LogP contribution in [0.5, 0.6) is 0 Å². The van der Waals surface area contributed by atoms with Gasteiger partial charge in [0.15, 0.2) is 0 Å². The van der Waals surface area contributed by atoms with Crippen molar-refractivity contribution in [3.63, 3.8) is 0 Å². The molecule has 1 aliphatic heterocycles. The van der Waals surface area contributed by atoms with Gasteiger partial charge in [0.05, 0.1) is 0 Å². The van der Waals surface area contributed by atoms with Crippen molar-refractivity contribution in [1.82, 2.24) is 15.5 Å². The van der Waals surface area contributed by atoms with Gasteiger partial charge in [0, 0.05) is 31.7 Å². The summed E-state index contributed by atoms with van der Waals surface area (Å²) in [6.07, 6.45) is 3.39. The van der Waals surface area contributed by atoms with E-state index in [-0.39, 0.29) is 11.9 Å². The van der Waals surface area contributed by atoms with Gasteiger partial charge in [-0.05, 0) is 49.4 Å². The number of amides is 3. The Balaban J connectivity index is 1.44. The quantitative estimate of drug-likeness (QED) is 0.850. The van der Waals surface area contributed by atoms with Crippen LogP contribution >= 0.6 is 0 Å². The molecule has 1 fully saturated rings. The highest BCUT2D eigenvalue weighted by molar-refractivity contribution is 5.94. The molecule has 5 heteroatoms. The summed E-state index contributed by atoms with van der Waals surface area (Å²) < 4.78 is 0. The molecule has 0 saturated carbocycles. The molecule has 1 aliphatic rings. The predicted molar refractivity (Wildman–Crippen MR) is 106 cm³/mol. The van der Waals surface area contributed by atoms with Gasteiger partial charge in [-0.2, -0.15) is 0 Å². The van der Waals surface area contributed by atoms with Gasteiger partial charge in [-0.1, -0.05) is 42.0 Å². The average molecular weight is 365 g/mol. The van der Waals surface area contributed by atoms with Gasteiger partial charge in [-0.25, -0.2) is 4.79 Å². The van der Waals surface area contributed by atoms with Crippen molar-refractivity contribution in [2.24, 2.45) is 0 Å². The molecule has 0 unspecified atom stereocenters. The molecule has 0 aromatic heterocycles. The monoisotopic (exact) mass is 365 g/mol. The van der Waals surface area contributed by atoms with Crippen molar-refractivity contribution in [1.29, 1.82) is 0 Å². The van der Waals surface area contributed by atoms with E-state index >= 15 is 0 Å². The van der Waals surface area contributed by atoms with Crippen LogP contribution in [0, 0.1) is 6.92 Å². The largest absolute Gasteiger partial charge is 0.339 e. The Bertz CT molecular complexity index is 763.